The Kier molecular flexibility index (Phi) is 6.80. The molecule has 9 heteroatoms. The number of piperidine rings is 1. The summed E-state index contributed by atoms with van der Waals surface area (Å²) in [5, 5.41) is 6.35. The van der Waals surface area contributed by atoms with Crippen LogP contribution in [0.4, 0.5) is 21.6 Å². The van der Waals surface area contributed by atoms with Crippen LogP contribution in [0.1, 0.15) is 53.1 Å². The van der Waals surface area contributed by atoms with Crippen molar-refractivity contribution in [3.63, 3.8) is 0 Å². The highest BCUT2D eigenvalue weighted by molar-refractivity contribution is 5.98. The third kappa shape index (κ3) is 5.56. The van der Waals surface area contributed by atoms with Crippen molar-refractivity contribution in [3.8, 4) is 0 Å². The lowest BCUT2D eigenvalue weighted by Gasteiger charge is -2.34. The van der Waals surface area contributed by atoms with Crippen LogP contribution in [0.5, 0.6) is 0 Å². The van der Waals surface area contributed by atoms with E-state index in [9.17, 15) is 14.0 Å². The van der Waals surface area contributed by atoms with Gasteiger partial charge in [-0.2, -0.15) is 0 Å². The van der Waals surface area contributed by atoms with Crippen molar-refractivity contribution in [2.24, 2.45) is 11.5 Å². The molecule has 0 unspecified atom stereocenters. The highest BCUT2D eigenvalue weighted by Crippen LogP contribution is 2.36. The maximum Gasteiger partial charge on any atom is 0.252 e. The summed E-state index contributed by atoms with van der Waals surface area (Å²) in [4.78, 5) is 30.6. The van der Waals surface area contributed by atoms with E-state index < -0.39 is 11.4 Å². The highest BCUT2D eigenvalue weighted by atomic mass is 19.1. The van der Waals surface area contributed by atoms with Gasteiger partial charge in [-0.05, 0) is 55.4 Å². The van der Waals surface area contributed by atoms with Crippen molar-refractivity contribution in [1.29, 1.82) is 0 Å². The van der Waals surface area contributed by atoms with Crippen molar-refractivity contribution in [2.75, 3.05) is 23.7 Å². The summed E-state index contributed by atoms with van der Waals surface area (Å²) in [7, 11) is 0. The molecule has 192 valence electrons. The normalized spacial score (nSPS) is 16.8. The number of benzene rings is 2. The van der Waals surface area contributed by atoms with Crippen molar-refractivity contribution < 1.29 is 14.0 Å². The van der Waals surface area contributed by atoms with Crippen LogP contribution in [0.25, 0.3) is 0 Å². The zero-order valence-corrected chi connectivity index (χ0v) is 20.5. The lowest BCUT2D eigenvalue weighted by Crippen LogP contribution is -2.48. The summed E-state index contributed by atoms with van der Waals surface area (Å²) in [5.74, 6) is 0.0743. The van der Waals surface area contributed by atoms with Crippen LogP contribution in [0.3, 0.4) is 0 Å². The number of aromatic nitrogens is 1. The smallest absolute Gasteiger partial charge is 0.252 e. The zero-order chi connectivity index (χ0) is 26.0. The van der Waals surface area contributed by atoms with Crippen LogP contribution < -0.4 is 22.1 Å². The van der Waals surface area contributed by atoms with Crippen molar-refractivity contribution in [2.45, 2.75) is 43.7 Å². The Morgan fingerprint density at radius 3 is 2.43 bits per heavy atom. The van der Waals surface area contributed by atoms with E-state index in [4.69, 9.17) is 11.5 Å². The van der Waals surface area contributed by atoms with Gasteiger partial charge in [0, 0.05) is 43.1 Å². The minimum Gasteiger partial charge on any atom is -0.380 e. The highest BCUT2D eigenvalue weighted by Gasteiger charge is 2.48. The van der Waals surface area contributed by atoms with Crippen LogP contribution in [-0.4, -0.2) is 40.3 Å². The van der Waals surface area contributed by atoms with Gasteiger partial charge in [0.1, 0.15) is 11.6 Å². The van der Waals surface area contributed by atoms with Gasteiger partial charge in [0.05, 0.1) is 16.8 Å². The van der Waals surface area contributed by atoms with E-state index in [2.05, 4.69) is 27.8 Å². The summed E-state index contributed by atoms with van der Waals surface area (Å²) >= 11 is 0. The van der Waals surface area contributed by atoms with Crippen LogP contribution in [0.15, 0.2) is 60.8 Å². The number of pyridine rings is 1. The number of likely N-dealkylation sites (tertiary alicyclic amines) is 1. The second-order valence-electron chi connectivity index (χ2n) is 9.89. The number of primary amides is 1. The molecule has 2 aliphatic rings. The first-order chi connectivity index (χ1) is 17.8. The fourth-order valence-corrected chi connectivity index (χ4v) is 4.76. The Balaban J connectivity index is 1.22. The molecule has 1 saturated carbocycles. The van der Waals surface area contributed by atoms with Crippen LogP contribution >= 0.6 is 0 Å². The van der Waals surface area contributed by atoms with Gasteiger partial charge >= 0.3 is 0 Å². The molecule has 2 heterocycles. The number of carbonyl (C=O) groups is 2. The Morgan fingerprint density at radius 2 is 1.78 bits per heavy atom. The van der Waals surface area contributed by atoms with Gasteiger partial charge < -0.3 is 27.0 Å². The number of hydrogen-bond acceptors (Lipinski definition) is 6. The molecule has 2 aromatic carbocycles. The van der Waals surface area contributed by atoms with Gasteiger partial charge in [0.2, 0.25) is 5.91 Å². The largest absolute Gasteiger partial charge is 0.380 e. The molecule has 8 nitrogen and oxygen atoms in total. The standard InChI is InChI=1S/C28H31FN6O2/c29-23-4-2-1-3-20(23)16-32-24-15-25(33-17-22(24)26(30)36)34-21-7-5-18(6-8-21)19-9-13-35(14-10-19)27(37)28(31)11-12-28/h1-8,15,17,19H,9-14,16,31H2,(H2,30,36)(H2,32,33,34). The topological polar surface area (TPSA) is 126 Å². The maximum absolute atomic E-state index is 14.0. The van der Waals surface area contributed by atoms with E-state index in [1.54, 1.807) is 24.3 Å². The third-order valence-corrected chi connectivity index (χ3v) is 7.25. The second kappa shape index (κ2) is 10.2. The predicted octanol–water partition coefficient (Wildman–Crippen LogP) is 3.87. The molecule has 0 atom stereocenters. The molecule has 0 spiro atoms. The van der Waals surface area contributed by atoms with E-state index in [1.165, 1.54) is 17.8 Å². The Morgan fingerprint density at radius 1 is 1.08 bits per heavy atom. The summed E-state index contributed by atoms with van der Waals surface area (Å²) in [6, 6.07) is 16.3. The Hall–Kier alpha value is -3.98. The van der Waals surface area contributed by atoms with E-state index >= 15 is 0 Å². The second-order valence-corrected chi connectivity index (χ2v) is 9.89. The molecule has 2 amide bonds. The first-order valence-corrected chi connectivity index (χ1v) is 12.5. The lowest BCUT2D eigenvalue weighted by molar-refractivity contribution is -0.134. The quantitative estimate of drug-likeness (QED) is 0.370. The maximum atomic E-state index is 14.0. The van der Waals surface area contributed by atoms with Crippen molar-refractivity contribution in [3.05, 3.63) is 83.3 Å². The van der Waals surface area contributed by atoms with E-state index in [0.29, 0.717) is 23.0 Å². The third-order valence-electron chi connectivity index (χ3n) is 7.25. The van der Waals surface area contributed by atoms with Crippen molar-refractivity contribution in [1.82, 2.24) is 9.88 Å². The monoisotopic (exact) mass is 502 g/mol. The number of rotatable bonds is 8. The summed E-state index contributed by atoms with van der Waals surface area (Å²) < 4.78 is 14.0. The molecule has 1 aliphatic heterocycles. The molecule has 3 aromatic rings. The number of anilines is 3. The molecular weight excluding hydrogens is 471 g/mol. The first kappa shape index (κ1) is 24.7. The van der Waals surface area contributed by atoms with Gasteiger partial charge in [0.25, 0.3) is 5.91 Å². The van der Waals surface area contributed by atoms with Gasteiger partial charge in [-0.25, -0.2) is 9.37 Å². The molecule has 6 N–H and O–H groups in total. The molecule has 2 fully saturated rings. The van der Waals surface area contributed by atoms with Crippen LogP contribution in [0, 0.1) is 5.82 Å². The number of amides is 2. The summed E-state index contributed by atoms with van der Waals surface area (Å²) in [5.41, 5.74) is 14.2. The molecule has 1 saturated heterocycles. The molecule has 5 rings (SSSR count). The van der Waals surface area contributed by atoms with Gasteiger partial charge in [-0.3, -0.25) is 9.59 Å². The summed E-state index contributed by atoms with van der Waals surface area (Å²) in [6.07, 6.45) is 4.83. The van der Waals surface area contributed by atoms with E-state index in [-0.39, 0.29) is 23.8 Å². The molecular formula is C28H31FN6O2. The van der Waals surface area contributed by atoms with E-state index in [1.807, 2.05) is 17.0 Å². The number of nitrogens with zero attached hydrogens (tertiary/aromatic N) is 2. The first-order valence-electron chi connectivity index (χ1n) is 12.5. The van der Waals surface area contributed by atoms with Gasteiger partial charge in [0.15, 0.2) is 0 Å². The molecule has 0 bridgehead atoms. The fourth-order valence-electron chi connectivity index (χ4n) is 4.76. The number of hydrogen-bond donors (Lipinski definition) is 4. The minimum atomic E-state index is -0.619. The van der Waals surface area contributed by atoms with Crippen molar-refractivity contribution >= 4 is 29.0 Å². The minimum absolute atomic E-state index is 0.100. The average Bonchev–Trinajstić information content (AvgIpc) is 3.66. The molecule has 37 heavy (non-hydrogen) atoms. The van der Waals surface area contributed by atoms with Crippen LogP contribution in [-0.2, 0) is 11.3 Å². The fraction of sp³-hybridized carbons (Fsp3) is 0.321. The number of nitrogens with one attached hydrogen (secondary N) is 2. The molecule has 0 radical (unpaired) electrons. The molecule has 1 aromatic heterocycles. The number of halogens is 1. The Bertz CT molecular complexity index is 1300. The average molecular weight is 503 g/mol. The van der Waals surface area contributed by atoms with Gasteiger partial charge in [-0.15, -0.1) is 0 Å². The Labute approximate surface area is 215 Å². The lowest BCUT2D eigenvalue weighted by atomic mass is 9.89. The van der Waals surface area contributed by atoms with E-state index in [0.717, 1.165) is 44.5 Å². The van der Waals surface area contributed by atoms with Gasteiger partial charge in [-0.1, -0.05) is 30.3 Å². The number of nitrogens with two attached hydrogens (primary N) is 2. The molecule has 1 aliphatic carbocycles. The predicted molar refractivity (Wildman–Crippen MR) is 141 cm³/mol. The van der Waals surface area contributed by atoms with Crippen LogP contribution in [0.2, 0.25) is 0 Å². The zero-order valence-electron chi connectivity index (χ0n) is 20.5. The SMILES string of the molecule is NC(=O)c1cnc(Nc2ccc(C3CCN(C(=O)C4(N)CC4)CC3)cc2)cc1NCc1ccccc1F. The summed E-state index contributed by atoms with van der Waals surface area (Å²) in [6.45, 7) is 1.67. The number of carbonyl (C=O) groups excluding carboxylic acids is 2.